The fourth-order valence-corrected chi connectivity index (χ4v) is 3.10. The number of nitrogens with one attached hydrogen (secondary N) is 1. The van der Waals surface area contributed by atoms with Crippen LogP contribution in [0.25, 0.3) is 0 Å². The lowest BCUT2D eigenvalue weighted by Crippen LogP contribution is -2.28. The van der Waals surface area contributed by atoms with E-state index in [0.717, 1.165) is 24.2 Å². The molecule has 1 N–H and O–H groups in total. The summed E-state index contributed by atoms with van der Waals surface area (Å²) in [5, 5.41) is 11.0. The van der Waals surface area contributed by atoms with Crippen molar-refractivity contribution >= 4 is 11.9 Å². The van der Waals surface area contributed by atoms with Gasteiger partial charge in [-0.05, 0) is 11.1 Å². The summed E-state index contributed by atoms with van der Waals surface area (Å²) in [5.74, 6) is 2.57. The molecule has 3 amide bonds. The quantitative estimate of drug-likeness (QED) is 0.681. The molecule has 7 heteroatoms. The molecule has 7 nitrogen and oxygen atoms in total. The van der Waals surface area contributed by atoms with E-state index < -0.39 is 5.66 Å². The summed E-state index contributed by atoms with van der Waals surface area (Å²) in [7, 11) is 1.82. The first-order valence-electron chi connectivity index (χ1n) is 9.23. The van der Waals surface area contributed by atoms with Gasteiger partial charge in [0.15, 0.2) is 5.66 Å². The zero-order valence-electron chi connectivity index (χ0n) is 15.6. The number of hydrogen-bond donors (Lipinski definition) is 1. The maximum absolute atomic E-state index is 12.0. The normalized spacial score (nSPS) is 17.1. The summed E-state index contributed by atoms with van der Waals surface area (Å²) in [6, 6.07) is 8.05. The van der Waals surface area contributed by atoms with Crippen LogP contribution in [-0.2, 0) is 17.9 Å². The Balaban J connectivity index is 1.39. The van der Waals surface area contributed by atoms with Gasteiger partial charge in [-0.25, -0.2) is 4.79 Å². The molecule has 2 aliphatic rings. The lowest BCUT2D eigenvalue weighted by Gasteiger charge is -2.16. The highest BCUT2D eigenvalue weighted by atomic mass is 16.2. The van der Waals surface area contributed by atoms with E-state index in [0.29, 0.717) is 38.8 Å². The van der Waals surface area contributed by atoms with Crippen molar-refractivity contribution in [3.05, 3.63) is 35.4 Å². The molecule has 0 aromatic heterocycles. The van der Waals surface area contributed by atoms with E-state index >= 15 is 0 Å². The molecule has 27 heavy (non-hydrogen) atoms. The molecule has 2 aliphatic heterocycles. The molecule has 1 aromatic carbocycles. The maximum Gasteiger partial charge on any atom is 0.320 e. The van der Waals surface area contributed by atoms with Gasteiger partial charge in [0, 0.05) is 58.9 Å². The Morgan fingerprint density at radius 1 is 1.22 bits per heavy atom. The molecule has 1 aromatic rings. The van der Waals surface area contributed by atoms with Crippen LogP contribution in [0.1, 0.15) is 36.8 Å². The van der Waals surface area contributed by atoms with Crippen LogP contribution in [0.5, 0.6) is 0 Å². The van der Waals surface area contributed by atoms with Gasteiger partial charge in [-0.3, -0.25) is 4.79 Å². The largest absolute Gasteiger partial charge is 0.352 e. The number of urea groups is 1. The Kier molecular flexibility index (Phi) is 5.75. The van der Waals surface area contributed by atoms with Crippen LogP contribution < -0.4 is 5.32 Å². The second-order valence-electron chi connectivity index (χ2n) is 7.11. The predicted molar refractivity (Wildman–Crippen MR) is 102 cm³/mol. The monoisotopic (exact) mass is 367 g/mol. The molecule has 3 rings (SSSR count). The second-order valence-corrected chi connectivity index (χ2v) is 7.11. The first-order chi connectivity index (χ1) is 13.0. The number of likely N-dealkylation sites (N-methyl/N-ethyl adjacent to an activating group) is 1. The van der Waals surface area contributed by atoms with Gasteiger partial charge in [-0.2, -0.15) is 10.2 Å². The standard InChI is InChI=1S/C20H25N5O2/c1-3-4-10-20(22-23-20)11-9-18(26)21-14-16-5-7-17(8-6-16)15-25-13-12-24(2)19(25)27/h1,5-8H,4,9-15H2,2H3,(H,21,26). The second kappa shape index (κ2) is 8.21. The minimum absolute atomic E-state index is 0.0119. The van der Waals surface area contributed by atoms with Crippen molar-refractivity contribution in [2.45, 2.75) is 44.4 Å². The molecule has 0 atom stereocenters. The Hall–Kier alpha value is -2.88. The molecule has 1 saturated heterocycles. The van der Waals surface area contributed by atoms with Crippen LogP contribution >= 0.6 is 0 Å². The lowest BCUT2D eigenvalue weighted by atomic mass is 10.0. The van der Waals surface area contributed by atoms with Gasteiger partial charge in [0.2, 0.25) is 5.91 Å². The number of carbonyl (C=O) groups is 2. The molecule has 0 spiro atoms. The number of nitrogens with zero attached hydrogens (tertiary/aromatic N) is 4. The number of amides is 3. The van der Waals surface area contributed by atoms with Crippen molar-refractivity contribution in [3.8, 4) is 12.3 Å². The highest BCUT2D eigenvalue weighted by Gasteiger charge is 2.39. The Morgan fingerprint density at radius 2 is 1.93 bits per heavy atom. The number of hydrogen-bond acceptors (Lipinski definition) is 4. The summed E-state index contributed by atoms with van der Waals surface area (Å²) < 4.78 is 0. The first-order valence-corrected chi connectivity index (χ1v) is 9.23. The summed E-state index contributed by atoms with van der Waals surface area (Å²) in [6.07, 6.45) is 7.61. The van der Waals surface area contributed by atoms with Crippen molar-refractivity contribution in [1.29, 1.82) is 0 Å². The number of carbonyl (C=O) groups excluding carboxylic acids is 2. The van der Waals surface area contributed by atoms with Crippen LogP contribution in [0.3, 0.4) is 0 Å². The molecule has 0 aliphatic carbocycles. The van der Waals surface area contributed by atoms with Gasteiger partial charge in [0.1, 0.15) is 0 Å². The third-order valence-electron chi connectivity index (χ3n) is 4.99. The average molecular weight is 367 g/mol. The van der Waals surface area contributed by atoms with E-state index in [-0.39, 0.29) is 11.9 Å². The lowest BCUT2D eigenvalue weighted by molar-refractivity contribution is -0.121. The molecular formula is C20H25N5O2. The first kappa shape index (κ1) is 18.9. The average Bonchev–Trinajstić information content (AvgIpc) is 3.40. The van der Waals surface area contributed by atoms with Crippen LogP contribution in [0, 0.1) is 12.3 Å². The van der Waals surface area contributed by atoms with Gasteiger partial charge in [-0.1, -0.05) is 24.3 Å². The minimum atomic E-state index is -0.410. The molecule has 0 unspecified atom stereocenters. The van der Waals surface area contributed by atoms with Gasteiger partial charge < -0.3 is 15.1 Å². The SMILES string of the molecule is C#CCCC1(CCC(=O)NCc2ccc(CN3CCN(C)C3=O)cc2)N=N1. The van der Waals surface area contributed by atoms with Gasteiger partial charge in [-0.15, -0.1) is 12.3 Å². The summed E-state index contributed by atoms with van der Waals surface area (Å²) in [4.78, 5) is 27.5. The Bertz CT molecular complexity index is 760. The van der Waals surface area contributed by atoms with E-state index in [1.807, 2.05) is 36.2 Å². The zero-order chi connectivity index (χ0) is 19.3. The molecule has 1 fully saturated rings. The van der Waals surface area contributed by atoms with Gasteiger partial charge in [0.05, 0.1) is 0 Å². The smallest absolute Gasteiger partial charge is 0.320 e. The van der Waals surface area contributed by atoms with Gasteiger partial charge in [0.25, 0.3) is 0 Å². The van der Waals surface area contributed by atoms with Crippen molar-refractivity contribution in [1.82, 2.24) is 15.1 Å². The van der Waals surface area contributed by atoms with E-state index in [9.17, 15) is 9.59 Å². The maximum atomic E-state index is 12.0. The van der Waals surface area contributed by atoms with E-state index in [1.54, 1.807) is 4.90 Å². The molecule has 0 saturated carbocycles. The summed E-state index contributed by atoms with van der Waals surface area (Å²) in [5.41, 5.74) is 1.70. The van der Waals surface area contributed by atoms with Crippen LogP contribution in [0.15, 0.2) is 34.5 Å². The van der Waals surface area contributed by atoms with Gasteiger partial charge >= 0.3 is 6.03 Å². The van der Waals surface area contributed by atoms with Crippen molar-refractivity contribution < 1.29 is 9.59 Å². The van der Waals surface area contributed by atoms with E-state index in [4.69, 9.17) is 6.42 Å². The molecular weight excluding hydrogens is 342 g/mol. The van der Waals surface area contributed by atoms with E-state index in [2.05, 4.69) is 21.5 Å². The summed E-state index contributed by atoms with van der Waals surface area (Å²) >= 11 is 0. The fraction of sp³-hybridized carbons (Fsp3) is 0.500. The van der Waals surface area contributed by atoms with Crippen LogP contribution in [-0.4, -0.2) is 47.5 Å². The zero-order valence-corrected chi connectivity index (χ0v) is 15.6. The molecule has 0 bridgehead atoms. The number of rotatable bonds is 9. The summed E-state index contributed by atoms with van der Waals surface area (Å²) in [6.45, 7) is 2.63. The number of terminal acetylenes is 1. The molecule has 2 heterocycles. The molecule has 142 valence electrons. The van der Waals surface area contributed by atoms with Crippen molar-refractivity contribution in [2.24, 2.45) is 10.2 Å². The molecule has 0 radical (unpaired) electrons. The van der Waals surface area contributed by atoms with Crippen LogP contribution in [0.4, 0.5) is 4.79 Å². The topological polar surface area (TPSA) is 77.4 Å². The highest BCUT2D eigenvalue weighted by molar-refractivity contribution is 5.76. The van der Waals surface area contributed by atoms with Crippen LogP contribution in [0.2, 0.25) is 0 Å². The van der Waals surface area contributed by atoms with Crippen molar-refractivity contribution in [2.75, 3.05) is 20.1 Å². The third-order valence-corrected chi connectivity index (χ3v) is 4.99. The predicted octanol–water partition coefficient (Wildman–Crippen LogP) is 2.53. The van der Waals surface area contributed by atoms with E-state index in [1.165, 1.54) is 0 Å². The third kappa shape index (κ3) is 5.07. The minimum Gasteiger partial charge on any atom is -0.352 e. The van der Waals surface area contributed by atoms with Crippen molar-refractivity contribution in [3.63, 3.8) is 0 Å². The number of benzene rings is 1. The Morgan fingerprint density at radius 3 is 2.52 bits per heavy atom. The highest BCUT2D eigenvalue weighted by Crippen LogP contribution is 2.37. The fourth-order valence-electron chi connectivity index (χ4n) is 3.10. The Labute approximate surface area is 159 Å².